The number of hydrogen-bond acceptors (Lipinski definition) is 4. The number of benzene rings is 3. The topological polar surface area (TPSA) is 86.8 Å². The van der Waals surface area contributed by atoms with Crippen molar-refractivity contribution in [2.75, 3.05) is 10.8 Å². The van der Waals surface area contributed by atoms with Gasteiger partial charge >= 0.3 is 6.18 Å². The van der Waals surface area contributed by atoms with Gasteiger partial charge in [-0.15, -0.1) is 0 Å². The molecule has 1 N–H and O–H groups in total. The number of alkyl halides is 3. The first kappa shape index (κ1) is 33.2. The van der Waals surface area contributed by atoms with Crippen LogP contribution < -0.4 is 9.62 Å². The minimum atomic E-state index is -4.89. The van der Waals surface area contributed by atoms with Crippen molar-refractivity contribution < 1.29 is 31.2 Å². The fourth-order valence-electron chi connectivity index (χ4n) is 3.98. The molecule has 3 rings (SSSR count). The molecule has 0 bridgehead atoms. The Bertz CT molecular complexity index is 1530. The lowest BCUT2D eigenvalue weighted by molar-refractivity contribution is -0.140. The summed E-state index contributed by atoms with van der Waals surface area (Å²) >= 11 is 11.8. The summed E-state index contributed by atoms with van der Waals surface area (Å²) in [5, 5.41) is 2.61. The predicted molar refractivity (Wildman–Crippen MR) is 157 cm³/mol. The number of carbonyl (C=O) groups excluding carboxylic acids is 2. The number of sulfonamides is 1. The van der Waals surface area contributed by atoms with Gasteiger partial charge in [0.1, 0.15) is 12.6 Å². The zero-order chi connectivity index (χ0) is 31.5. The van der Waals surface area contributed by atoms with Crippen molar-refractivity contribution in [2.24, 2.45) is 0 Å². The Kier molecular flexibility index (Phi) is 10.2. The second kappa shape index (κ2) is 12.9. The molecule has 0 fully saturated rings. The highest BCUT2D eigenvalue weighted by Gasteiger charge is 2.37. The number of carbonyl (C=O) groups is 2. The summed E-state index contributed by atoms with van der Waals surface area (Å²) in [5.74, 6) is -1.34. The molecule has 0 saturated carbocycles. The van der Waals surface area contributed by atoms with Gasteiger partial charge in [-0.3, -0.25) is 13.9 Å². The Labute approximate surface area is 253 Å². The van der Waals surface area contributed by atoms with Crippen molar-refractivity contribution in [3.63, 3.8) is 0 Å². The fourth-order valence-corrected chi connectivity index (χ4v) is 5.75. The average Bonchev–Trinajstić information content (AvgIpc) is 2.90. The number of anilines is 1. The highest BCUT2D eigenvalue weighted by atomic mass is 35.5. The first-order valence-corrected chi connectivity index (χ1v) is 14.9. The molecule has 0 aliphatic carbocycles. The molecule has 0 aromatic heterocycles. The summed E-state index contributed by atoms with van der Waals surface area (Å²) in [4.78, 5) is 27.9. The largest absolute Gasteiger partial charge is 0.417 e. The van der Waals surface area contributed by atoms with Crippen LogP contribution in [0.2, 0.25) is 10.0 Å². The van der Waals surface area contributed by atoms with Crippen LogP contribution in [0.25, 0.3) is 0 Å². The Morgan fingerprint density at radius 1 is 0.929 bits per heavy atom. The maximum absolute atomic E-state index is 13.9. The normalized spacial score (nSPS) is 12.9. The van der Waals surface area contributed by atoms with Crippen LogP contribution in [0.4, 0.5) is 18.9 Å². The highest BCUT2D eigenvalue weighted by molar-refractivity contribution is 7.92. The van der Waals surface area contributed by atoms with Crippen molar-refractivity contribution in [1.82, 2.24) is 10.2 Å². The van der Waals surface area contributed by atoms with Gasteiger partial charge < -0.3 is 10.2 Å². The Morgan fingerprint density at radius 3 is 2.07 bits per heavy atom. The molecular weight excluding hydrogens is 614 g/mol. The minimum absolute atomic E-state index is 0.109. The van der Waals surface area contributed by atoms with Crippen LogP contribution in [0.3, 0.4) is 0 Å². The van der Waals surface area contributed by atoms with Crippen LogP contribution >= 0.6 is 23.2 Å². The first-order valence-electron chi connectivity index (χ1n) is 12.7. The third-order valence-corrected chi connectivity index (χ3v) is 8.45. The van der Waals surface area contributed by atoms with Gasteiger partial charge in [0.25, 0.3) is 10.0 Å². The van der Waals surface area contributed by atoms with E-state index in [0.717, 1.165) is 12.1 Å². The average molecular weight is 645 g/mol. The van der Waals surface area contributed by atoms with E-state index >= 15 is 0 Å². The van der Waals surface area contributed by atoms with Crippen LogP contribution in [0.5, 0.6) is 0 Å². The number of hydrogen-bond donors (Lipinski definition) is 1. The number of halogens is 5. The third-order valence-electron chi connectivity index (χ3n) is 6.09. The van der Waals surface area contributed by atoms with Crippen LogP contribution in [-0.2, 0) is 32.3 Å². The van der Waals surface area contributed by atoms with Crippen molar-refractivity contribution >= 4 is 50.7 Å². The second-order valence-corrected chi connectivity index (χ2v) is 13.3. The highest BCUT2D eigenvalue weighted by Crippen LogP contribution is 2.38. The molecule has 0 saturated heterocycles. The van der Waals surface area contributed by atoms with Gasteiger partial charge in [0.2, 0.25) is 11.8 Å². The number of nitrogens with zero attached hydrogens (tertiary/aromatic N) is 2. The van der Waals surface area contributed by atoms with E-state index in [0.29, 0.717) is 21.0 Å². The zero-order valence-electron chi connectivity index (χ0n) is 23.2. The van der Waals surface area contributed by atoms with E-state index in [2.05, 4.69) is 5.32 Å². The molecule has 0 aliphatic rings. The van der Waals surface area contributed by atoms with E-state index in [1.165, 1.54) is 36.1 Å². The van der Waals surface area contributed by atoms with E-state index in [-0.39, 0.29) is 11.4 Å². The van der Waals surface area contributed by atoms with Crippen LogP contribution in [0, 0.1) is 0 Å². The monoisotopic (exact) mass is 643 g/mol. The summed E-state index contributed by atoms with van der Waals surface area (Å²) in [6, 6.07) is 15.0. The first-order chi connectivity index (χ1) is 19.4. The molecule has 0 aliphatic heterocycles. The van der Waals surface area contributed by atoms with E-state index in [4.69, 9.17) is 23.2 Å². The molecule has 0 spiro atoms. The molecule has 3 aromatic carbocycles. The van der Waals surface area contributed by atoms with Gasteiger partial charge in [-0.1, -0.05) is 53.5 Å². The van der Waals surface area contributed by atoms with Crippen molar-refractivity contribution in [2.45, 2.75) is 56.9 Å². The number of amides is 2. The summed E-state index contributed by atoms with van der Waals surface area (Å²) < 4.78 is 69.3. The van der Waals surface area contributed by atoms with Gasteiger partial charge in [0.15, 0.2) is 0 Å². The van der Waals surface area contributed by atoms with Gasteiger partial charge in [-0.05, 0) is 75.7 Å². The van der Waals surface area contributed by atoms with Crippen LogP contribution in [0.1, 0.15) is 38.8 Å². The van der Waals surface area contributed by atoms with Crippen molar-refractivity contribution in [3.05, 3.63) is 94.0 Å². The maximum atomic E-state index is 13.9. The summed E-state index contributed by atoms with van der Waals surface area (Å²) in [5.41, 5.74) is -1.74. The molecule has 0 heterocycles. The standard InChI is InChI=1S/C29H30Cl2F3N3O4S/c1-19(27(39)35-28(2,3)4)36(17-20-10-12-21(30)13-11-20)26(38)18-37(42(40,41)23-8-6-5-7-9-23)22-14-15-25(31)24(16-22)29(32,33)34/h5-16,19H,17-18H2,1-4H3,(H,35,39)/t19-/m0/s1. The van der Waals surface area contributed by atoms with Gasteiger partial charge in [0.05, 0.1) is 21.2 Å². The SMILES string of the molecule is C[C@@H](C(=O)NC(C)(C)C)N(Cc1ccc(Cl)cc1)C(=O)CN(c1ccc(Cl)c(C(F)(F)F)c1)S(=O)(=O)c1ccccc1. The second-order valence-electron chi connectivity index (χ2n) is 10.5. The van der Waals surface area contributed by atoms with E-state index in [1.54, 1.807) is 51.1 Å². The van der Waals surface area contributed by atoms with E-state index < -0.39 is 62.4 Å². The predicted octanol–water partition coefficient (Wildman–Crippen LogP) is 6.54. The quantitative estimate of drug-likeness (QED) is 0.287. The molecule has 7 nitrogen and oxygen atoms in total. The zero-order valence-corrected chi connectivity index (χ0v) is 25.6. The van der Waals surface area contributed by atoms with Crippen molar-refractivity contribution in [1.29, 1.82) is 0 Å². The molecular formula is C29H30Cl2F3N3O4S. The molecule has 0 radical (unpaired) electrons. The fraction of sp³-hybridized carbons (Fsp3) is 0.310. The summed E-state index contributed by atoms with van der Waals surface area (Å²) in [6.07, 6.45) is -4.89. The third kappa shape index (κ3) is 8.39. The maximum Gasteiger partial charge on any atom is 0.417 e. The van der Waals surface area contributed by atoms with Crippen LogP contribution in [-0.4, -0.2) is 43.3 Å². The van der Waals surface area contributed by atoms with Crippen molar-refractivity contribution in [3.8, 4) is 0 Å². The Morgan fingerprint density at radius 2 is 1.52 bits per heavy atom. The minimum Gasteiger partial charge on any atom is -0.350 e. The van der Waals surface area contributed by atoms with Gasteiger partial charge in [0, 0.05) is 17.1 Å². The Hall–Kier alpha value is -3.28. The lowest BCUT2D eigenvalue weighted by Gasteiger charge is -2.33. The molecule has 1 atom stereocenters. The molecule has 0 unspecified atom stereocenters. The van der Waals surface area contributed by atoms with E-state index in [1.807, 2.05) is 0 Å². The van der Waals surface area contributed by atoms with Crippen LogP contribution in [0.15, 0.2) is 77.7 Å². The molecule has 13 heteroatoms. The molecule has 42 heavy (non-hydrogen) atoms. The van der Waals surface area contributed by atoms with E-state index in [9.17, 15) is 31.2 Å². The molecule has 226 valence electrons. The number of nitrogens with one attached hydrogen (secondary N) is 1. The summed E-state index contributed by atoms with van der Waals surface area (Å²) in [7, 11) is -4.55. The van der Waals surface area contributed by atoms with Gasteiger partial charge in [-0.2, -0.15) is 13.2 Å². The summed E-state index contributed by atoms with van der Waals surface area (Å²) in [6.45, 7) is 5.75. The Balaban J connectivity index is 2.11. The lowest BCUT2D eigenvalue weighted by atomic mass is 10.1. The number of rotatable bonds is 9. The smallest absolute Gasteiger partial charge is 0.350 e. The van der Waals surface area contributed by atoms with Gasteiger partial charge in [-0.25, -0.2) is 8.42 Å². The lowest BCUT2D eigenvalue weighted by Crippen LogP contribution is -2.54. The molecule has 3 aromatic rings. The molecule has 2 amide bonds.